The first kappa shape index (κ1) is 17.8. The smallest absolute Gasteiger partial charge is 0.211 e. The van der Waals surface area contributed by atoms with Gasteiger partial charge in [-0.2, -0.15) is 0 Å². The Kier molecular flexibility index (Phi) is 4.90. The third-order valence-corrected chi connectivity index (χ3v) is 6.81. The number of oxime groups is 1. The van der Waals surface area contributed by atoms with Gasteiger partial charge in [-0.15, -0.1) is 0 Å². The van der Waals surface area contributed by atoms with E-state index in [4.69, 9.17) is 4.84 Å². The van der Waals surface area contributed by atoms with Crippen molar-refractivity contribution in [1.82, 2.24) is 14.1 Å². The van der Waals surface area contributed by atoms with Gasteiger partial charge in [0.2, 0.25) is 10.0 Å². The van der Waals surface area contributed by atoms with E-state index in [2.05, 4.69) is 39.2 Å². The highest BCUT2D eigenvalue weighted by Gasteiger charge is 2.43. The molecular weight excluding hydrogens is 352 g/mol. The summed E-state index contributed by atoms with van der Waals surface area (Å²) in [6.07, 6.45) is 2.01. The van der Waals surface area contributed by atoms with E-state index >= 15 is 0 Å². The Morgan fingerprint density at radius 2 is 1.85 bits per heavy atom. The molecule has 2 fully saturated rings. The van der Waals surface area contributed by atoms with E-state index in [-0.39, 0.29) is 12.0 Å². The van der Waals surface area contributed by atoms with Crippen LogP contribution in [-0.4, -0.2) is 80.0 Å². The van der Waals surface area contributed by atoms with Gasteiger partial charge in [-0.3, -0.25) is 4.90 Å². The minimum absolute atomic E-state index is 0.0188. The van der Waals surface area contributed by atoms with Crippen LogP contribution >= 0.6 is 0 Å². The molecule has 1 aromatic carbocycles. The van der Waals surface area contributed by atoms with Crippen molar-refractivity contribution in [2.24, 2.45) is 11.1 Å². The van der Waals surface area contributed by atoms with Gasteiger partial charge in [-0.05, 0) is 5.56 Å². The molecule has 8 heteroatoms. The molecule has 0 radical (unpaired) electrons. The zero-order valence-corrected chi connectivity index (χ0v) is 15.9. The van der Waals surface area contributed by atoms with E-state index in [0.29, 0.717) is 19.5 Å². The van der Waals surface area contributed by atoms with Crippen LogP contribution in [0.1, 0.15) is 12.0 Å². The molecule has 3 aliphatic heterocycles. The number of hydrogen-bond donors (Lipinski definition) is 0. The molecule has 142 valence electrons. The molecule has 1 aromatic rings. The highest BCUT2D eigenvalue weighted by Crippen LogP contribution is 2.30. The number of fused-ring (bicyclic) bond motifs is 1. The van der Waals surface area contributed by atoms with E-state index in [0.717, 1.165) is 38.6 Å². The second kappa shape index (κ2) is 7.17. The molecular formula is C18H26N4O3S. The van der Waals surface area contributed by atoms with Crippen LogP contribution in [0.15, 0.2) is 35.5 Å². The Balaban J connectivity index is 1.35. The molecule has 0 bridgehead atoms. The molecule has 0 aromatic heterocycles. The van der Waals surface area contributed by atoms with Crippen LogP contribution in [0.2, 0.25) is 0 Å². The zero-order valence-electron chi connectivity index (χ0n) is 15.1. The molecule has 2 saturated heterocycles. The van der Waals surface area contributed by atoms with Crippen LogP contribution in [0.4, 0.5) is 0 Å². The first-order valence-corrected chi connectivity index (χ1v) is 11.1. The summed E-state index contributed by atoms with van der Waals surface area (Å²) in [4.78, 5) is 10.3. The summed E-state index contributed by atoms with van der Waals surface area (Å²) >= 11 is 0. The molecule has 0 unspecified atom stereocenters. The van der Waals surface area contributed by atoms with Crippen LogP contribution in [0.25, 0.3) is 0 Å². The summed E-state index contributed by atoms with van der Waals surface area (Å²) < 4.78 is 25.4. The average molecular weight is 378 g/mol. The Labute approximate surface area is 155 Å². The topological polar surface area (TPSA) is 65.5 Å². The van der Waals surface area contributed by atoms with Crippen LogP contribution in [0.3, 0.4) is 0 Å². The van der Waals surface area contributed by atoms with E-state index in [1.807, 2.05) is 6.07 Å². The summed E-state index contributed by atoms with van der Waals surface area (Å²) in [6, 6.07) is 10.5. The number of amidine groups is 1. The highest BCUT2D eigenvalue weighted by atomic mass is 32.2. The first-order valence-electron chi connectivity index (χ1n) is 9.21. The van der Waals surface area contributed by atoms with Crippen molar-refractivity contribution in [3.63, 3.8) is 0 Å². The number of piperazine rings is 1. The SMILES string of the molecule is CS(=O)(=O)N1CC[C@@H]2ON=C(N3CCN(Cc4ccccc4)CC3)[C@H]2C1. The van der Waals surface area contributed by atoms with Gasteiger partial charge in [-0.25, -0.2) is 12.7 Å². The van der Waals surface area contributed by atoms with Gasteiger partial charge in [-0.1, -0.05) is 35.5 Å². The van der Waals surface area contributed by atoms with Crippen molar-refractivity contribution in [3.8, 4) is 0 Å². The molecule has 3 heterocycles. The summed E-state index contributed by atoms with van der Waals surface area (Å²) in [5.74, 6) is 0.988. The van der Waals surface area contributed by atoms with E-state index < -0.39 is 10.0 Å². The Morgan fingerprint density at radius 3 is 2.54 bits per heavy atom. The first-order chi connectivity index (χ1) is 12.5. The van der Waals surface area contributed by atoms with E-state index in [1.165, 1.54) is 11.8 Å². The Hall–Kier alpha value is -1.64. The molecule has 0 spiro atoms. The molecule has 0 amide bonds. The number of rotatable bonds is 3. The summed E-state index contributed by atoms with van der Waals surface area (Å²) in [6.45, 7) is 5.71. The Bertz CT molecular complexity index is 760. The van der Waals surface area contributed by atoms with Crippen LogP contribution in [0, 0.1) is 5.92 Å². The van der Waals surface area contributed by atoms with Crippen LogP contribution in [-0.2, 0) is 21.4 Å². The maximum absolute atomic E-state index is 11.9. The second-order valence-electron chi connectivity index (χ2n) is 7.36. The maximum Gasteiger partial charge on any atom is 0.211 e. The van der Waals surface area contributed by atoms with Crippen LogP contribution in [0.5, 0.6) is 0 Å². The van der Waals surface area contributed by atoms with Crippen molar-refractivity contribution in [1.29, 1.82) is 0 Å². The summed E-state index contributed by atoms with van der Waals surface area (Å²) in [7, 11) is -3.17. The zero-order chi connectivity index (χ0) is 18.1. The number of benzene rings is 1. The van der Waals surface area contributed by atoms with Crippen molar-refractivity contribution in [2.45, 2.75) is 19.1 Å². The van der Waals surface area contributed by atoms with Gasteiger partial charge in [0.25, 0.3) is 0 Å². The minimum Gasteiger partial charge on any atom is -0.390 e. The molecule has 2 atom stereocenters. The van der Waals surface area contributed by atoms with Gasteiger partial charge in [0.05, 0.1) is 12.2 Å². The summed E-state index contributed by atoms with van der Waals surface area (Å²) in [5, 5.41) is 4.33. The molecule has 0 N–H and O–H groups in total. The number of nitrogens with zero attached hydrogens (tertiary/aromatic N) is 4. The van der Waals surface area contributed by atoms with Gasteiger partial charge >= 0.3 is 0 Å². The van der Waals surface area contributed by atoms with Gasteiger partial charge in [0.1, 0.15) is 6.10 Å². The minimum atomic E-state index is -3.17. The van der Waals surface area contributed by atoms with E-state index in [1.54, 1.807) is 4.31 Å². The number of sulfonamides is 1. The van der Waals surface area contributed by atoms with Crippen molar-refractivity contribution >= 4 is 15.9 Å². The van der Waals surface area contributed by atoms with Gasteiger partial charge in [0, 0.05) is 52.2 Å². The average Bonchev–Trinajstić information content (AvgIpc) is 3.06. The fraction of sp³-hybridized carbons (Fsp3) is 0.611. The lowest BCUT2D eigenvalue weighted by Gasteiger charge is -2.39. The molecule has 4 rings (SSSR count). The lowest BCUT2D eigenvalue weighted by molar-refractivity contribution is 0.0307. The van der Waals surface area contributed by atoms with Crippen molar-refractivity contribution < 1.29 is 13.3 Å². The Morgan fingerprint density at radius 1 is 1.12 bits per heavy atom. The monoisotopic (exact) mass is 378 g/mol. The largest absolute Gasteiger partial charge is 0.390 e. The van der Waals surface area contributed by atoms with Crippen LogP contribution < -0.4 is 0 Å². The van der Waals surface area contributed by atoms with E-state index in [9.17, 15) is 8.42 Å². The van der Waals surface area contributed by atoms with Crippen molar-refractivity contribution in [2.75, 3.05) is 45.5 Å². The second-order valence-corrected chi connectivity index (χ2v) is 9.34. The normalized spacial score (nSPS) is 27.7. The summed E-state index contributed by atoms with van der Waals surface area (Å²) in [5.41, 5.74) is 1.33. The molecule has 7 nitrogen and oxygen atoms in total. The predicted octanol–water partition coefficient (Wildman–Crippen LogP) is 0.798. The lowest BCUT2D eigenvalue weighted by atomic mass is 9.94. The lowest BCUT2D eigenvalue weighted by Crippen LogP contribution is -2.54. The highest BCUT2D eigenvalue weighted by molar-refractivity contribution is 7.88. The quantitative estimate of drug-likeness (QED) is 0.778. The molecule has 0 saturated carbocycles. The number of piperidine rings is 1. The maximum atomic E-state index is 11.9. The van der Waals surface area contributed by atoms with Crippen molar-refractivity contribution in [3.05, 3.63) is 35.9 Å². The fourth-order valence-electron chi connectivity index (χ4n) is 4.03. The van der Waals surface area contributed by atoms with Gasteiger partial charge in [0.15, 0.2) is 5.84 Å². The number of hydrogen-bond acceptors (Lipinski definition) is 6. The third kappa shape index (κ3) is 3.72. The molecule has 3 aliphatic rings. The standard InChI is InChI=1S/C18H26N4O3S/c1-26(23,24)22-8-7-17-16(14-22)18(19-25-17)21-11-9-20(10-12-21)13-15-5-3-2-4-6-15/h2-6,16-17H,7-14H2,1H3/t16-,17-/m0/s1. The fourth-order valence-corrected chi connectivity index (χ4v) is 4.90. The van der Waals surface area contributed by atoms with Gasteiger partial charge < -0.3 is 9.74 Å². The molecule has 0 aliphatic carbocycles. The molecule has 26 heavy (non-hydrogen) atoms. The third-order valence-electron chi connectivity index (χ3n) is 5.54. The predicted molar refractivity (Wildman–Crippen MR) is 100 cm³/mol.